The Morgan fingerprint density at radius 3 is 2.75 bits per heavy atom. The van der Waals surface area contributed by atoms with E-state index in [-0.39, 0.29) is 0 Å². The Hall–Kier alpha value is -1.48. The zero-order chi connectivity index (χ0) is 11.8. The fourth-order valence-corrected chi connectivity index (χ4v) is 1.45. The number of ether oxygens (including phenoxy) is 2. The van der Waals surface area contributed by atoms with Gasteiger partial charge in [-0.25, -0.2) is 0 Å². The van der Waals surface area contributed by atoms with E-state index < -0.39 is 0 Å². The Morgan fingerprint density at radius 1 is 1.31 bits per heavy atom. The van der Waals surface area contributed by atoms with Gasteiger partial charge < -0.3 is 14.8 Å². The summed E-state index contributed by atoms with van der Waals surface area (Å²) in [6, 6.07) is 5.80. The Labute approximate surface area is 97.1 Å². The number of hydrogen-bond donors (Lipinski definition) is 1. The average molecular weight is 221 g/mol. The van der Waals surface area contributed by atoms with Crippen LogP contribution in [0.2, 0.25) is 0 Å². The molecule has 0 heterocycles. The van der Waals surface area contributed by atoms with Gasteiger partial charge in [0.25, 0.3) is 0 Å². The minimum Gasteiger partial charge on any atom is -0.497 e. The molecule has 0 radical (unpaired) electrons. The van der Waals surface area contributed by atoms with E-state index in [1.165, 1.54) is 0 Å². The van der Waals surface area contributed by atoms with Gasteiger partial charge in [-0.2, -0.15) is 0 Å². The molecule has 0 amide bonds. The predicted molar refractivity (Wildman–Crippen MR) is 66.1 cm³/mol. The van der Waals surface area contributed by atoms with Crippen molar-refractivity contribution in [3.63, 3.8) is 0 Å². The molecular weight excluding hydrogens is 202 g/mol. The van der Waals surface area contributed by atoms with Crippen LogP contribution >= 0.6 is 0 Å². The Morgan fingerprint density at radius 2 is 2.12 bits per heavy atom. The third-order valence-corrected chi connectivity index (χ3v) is 2.33. The molecule has 3 nitrogen and oxygen atoms in total. The summed E-state index contributed by atoms with van der Waals surface area (Å²) in [5.41, 5.74) is 1.10. The molecule has 1 N–H and O–H groups in total. The van der Waals surface area contributed by atoms with Gasteiger partial charge in [0.1, 0.15) is 11.5 Å². The van der Waals surface area contributed by atoms with Crippen LogP contribution in [0.3, 0.4) is 0 Å². The lowest BCUT2D eigenvalue weighted by Gasteiger charge is -2.10. The van der Waals surface area contributed by atoms with Crippen LogP contribution in [0, 0.1) is 0 Å². The molecule has 3 heteroatoms. The zero-order valence-electron chi connectivity index (χ0n) is 9.95. The maximum absolute atomic E-state index is 5.29. The van der Waals surface area contributed by atoms with E-state index in [0.29, 0.717) is 0 Å². The molecule has 1 rings (SSSR count). The van der Waals surface area contributed by atoms with Crippen LogP contribution < -0.4 is 14.8 Å². The lowest BCUT2D eigenvalue weighted by Crippen LogP contribution is -2.14. The first kappa shape index (κ1) is 12.6. The Kier molecular flexibility index (Phi) is 5.43. The summed E-state index contributed by atoms with van der Waals surface area (Å²) in [5.74, 6) is 1.73. The van der Waals surface area contributed by atoms with E-state index in [2.05, 4.69) is 11.9 Å². The van der Waals surface area contributed by atoms with E-state index in [1.54, 1.807) is 14.2 Å². The van der Waals surface area contributed by atoms with Crippen molar-refractivity contribution < 1.29 is 9.47 Å². The topological polar surface area (TPSA) is 30.5 Å². The maximum Gasteiger partial charge on any atom is 0.123 e. The first-order valence-electron chi connectivity index (χ1n) is 5.34. The van der Waals surface area contributed by atoms with Crippen molar-refractivity contribution in [2.75, 3.05) is 20.8 Å². The standard InChI is InChI=1S/C13H19NO2/c1-4-5-8-14-10-11-9-12(15-2)6-7-13(11)16-3/h4,6-7,9,14H,1,5,8,10H2,2-3H3. The van der Waals surface area contributed by atoms with Gasteiger partial charge in [-0.1, -0.05) is 6.08 Å². The van der Waals surface area contributed by atoms with Gasteiger partial charge in [0.2, 0.25) is 0 Å². The van der Waals surface area contributed by atoms with Crippen molar-refractivity contribution in [3.05, 3.63) is 36.4 Å². The second-order valence-electron chi connectivity index (χ2n) is 3.43. The number of rotatable bonds is 7. The molecule has 0 aliphatic rings. The SMILES string of the molecule is C=CCCNCc1cc(OC)ccc1OC. The van der Waals surface area contributed by atoms with E-state index in [4.69, 9.17) is 9.47 Å². The summed E-state index contributed by atoms with van der Waals surface area (Å²) >= 11 is 0. The second kappa shape index (κ2) is 6.90. The molecule has 0 aliphatic carbocycles. The molecule has 0 fully saturated rings. The van der Waals surface area contributed by atoms with Gasteiger partial charge in [0, 0.05) is 12.1 Å². The van der Waals surface area contributed by atoms with Crippen molar-refractivity contribution in [1.29, 1.82) is 0 Å². The smallest absolute Gasteiger partial charge is 0.123 e. The predicted octanol–water partition coefficient (Wildman–Crippen LogP) is 2.37. The quantitative estimate of drug-likeness (QED) is 0.566. The minimum atomic E-state index is 0.772. The van der Waals surface area contributed by atoms with E-state index in [0.717, 1.165) is 36.6 Å². The molecule has 1 aromatic carbocycles. The molecule has 0 aliphatic heterocycles. The fourth-order valence-electron chi connectivity index (χ4n) is 1.45. The molecule has 1 aromatic rings. The molecule has 88 valence electrons. The van der Waals surface area contributed by atoms with Gasteiger partial charge in [0.15, 0.2) is 0 Å². The van der Waals surface area contributed by atoms with Crippen molar-refractivity contribution in [2.24, 2.45) is 0 Å². The molecule has 0 bridgehead atoms. The monoisotopic (exact) mass is 221 g/mol. The molecule has 0 unspecified atom stereocenters. The van der Waals surface area contributed by atoms with E-state index in [9.17, 15) is 0 Å². The average Bonchev–Trinajstić information content (AvgIpc) is 2.34. The zero-order valence-corrected chi connectivity index (χ0v) is 9.95. The van der Waals surface area contributed by atoms with E-state index >= 15 is 0 Å². The third-order valence-electron chi connectivity index (χ3n) is 2.33. The van der Waals surface area contributed by atoms with Crippen molar-refractivity contribution >= 4 is 0 Å². The van der Waals surface area contributed by atoms with Gasteiger partial charge in [0.05, 0.1) is 14.2 Å². The summed E-state index contributed by atoms with van der Waals surface area (Å²) < 4.78 is 10.5. The lowest BCUT2D eigenvalue weighted by molar-refractivity contribution is 0.397. The normalized spacial score (nSPS) is 9.88. The van der Waals surface area contributed by atoms with Gasteiger partial charge in [-0.05, 0) is 31.2 Å². The van der Waals surface area contributed by atoms with Crippen molar-refractivity contribution in [2.45, 2.75) is 13.0 Å². The minimum absolute atomic E-state index is 0.772. The molecule has 0 spiro atoms. The van der Waals surface area contributed by atoms with Crippen LogP contribution in [-0.2, 0) is 6.54 Å². The third kappa shape index (κ3) is 3.59. The molecule has 0 aromatic heterocycles. The highest BCUT2D eigenvalue weighted by Crippen LogP contribution is 2.23. The number of benzene rings is 1. The first-order chi connectivity index (χ1) is 7.81. The summed E-state index contributed by atoms with van der Waals surface area (Å²) in [6.07, 6.45) is 2.86. The van der Waals surface area contributed by atoms with Crippen LogP contribution in [0.25, 0.3) is 0 Å². The Balaban J connectivity index is 2.63. The summed E-state index contributed by atoms with van der Waals surface area (Å²) in [4.78, 5) is 0. The lowest BCUT2D eigenvalue weighted by atomic mass is 10.2. The largest absolute Gasteiger partial charge is 0.497 e. The highest BCUT2D eigenvalue weighted by Gasteiger charge is 2.03. The summed E-state index contributed by atoms with van der Waals surface area (Å²) in [5, 5.41) is 3.32. The van der Waals surface area contributed by atoms with Crippen molar-refractivity contribution in [1.82, 2.24) is 5.32 Å². The molecule has 0 atom stereocenters. The van der Waals surface area contributed by atoms with E-state index in [1.807, 2.05) is 24.3 Å². The number of hydrogen-bond acceptors (Lipinski definition) is 3. The molecular formula is C13H19NO2. The maximum atomic E-state index is 5.29. The first-order valence-corrected chi connectivity index (χ1v) is 5.34. The van der Waals surface area contributed by atoms with Gasteiger partial charge in [-0.15, -0.1) is 6.58 Å². The molecule has 0 saturated carbocycles. The van der Waals surface area contributed by atoms with Gasteiger partial charge >= 0.3 is 0 Å². The van der Waals surface area contributed by atoms with Crippen LogP contribution in [0.1, 0.15) is 12.0 Å². The number of nitrogens with one attached hydrogen (secondary N) is 1. The fraction of sp³-hybridized carbons (Fsp3) is 0.385. The van der Waals surface area contributed by atoms with Crippen molar-refractivity contribution in [3.8, 4) is 11.5 Å². The summed E-state index contributed by atoms with van der Waals surface area (Å²) in [6.45, 7) is 5.37. The van der Waals surface area contributed by atoms with Gasteiger partial charge in [-0.3, -0.25) is 0 Å². The second-order valence-corrected chi connectivity index (χ2v) is 3.43. The van der Waals surface area contributed by atoms with Crippen LogP contribution in [0.5, 0.6) is 11.5 Å². The number of methoxy groups -OCH3 is 2. The molecule has 16 heavy (non-hydrogen) atoms. The van der Waals surface area contributed by atoms with Crippen LogP contribution in [0.15, 0.2) is 30.9 Å². The highest BCUT2D eigenvalue weighted by atomic mass is 16.5. The van der Waals surface area contributed by atoms with Crippen LogP contribution in [-0.4, -0.2) is 20.8 Å². The molecule has 0 saturated heterocycles. The summed E-state index contributed by atoms with van der Waals surface area (Å²) in [7, 11) is 3.34. The van der Waals surface area contributed by atoms with Crippen LogP contribution in [0.4, 0.5) is 0 Å². The Bertz CT molecular complexity index is 337. The highest BCUT2D eigenvalue weighted by molar-refractivity contribution is 5.40.